The number of aromatic nitrogens is 5. The third-order valence-electron chi connectivity index (χ3n) is 9.92. The van der Waals surface area contributed by atoms with Crippen molar-refractivity contribution in [3.8, 4) is 11.4 Å². The van der Waals surface area contributed by atoms with Gasteiger partial charge in [0.1, 0.15) is 23.5 Å². The minimum absolute atomic E-state index is 0.140. The quantitative estimate of drug-likeness (QED) is 0.170. The van der Waals surface area contributed by atoms with Crippen LogP contribution in [0.1, 0.15) is 99.7 Å². The van der Waals surface area contributed by atoms with Crippen LogP contribution in [0.25, 0.3) is 11.3 Å². The first-order chi connectivity index (χ1) is 23.1. The molecule has 48 heavy (non-hydrogen) atoms. The Kier molecular flexibility index (Phi) is 8.68. The lowest BCUT2D eigenvalue weighted by molar-refractivity contribution is 0.171. The molecule has 0 bridgehead atoms. The number of piperidine rings is 1. The average molecular weight is 647 g/mol. The second-order valence-electron chi connectivity index (χ2n) is 14.4. The summed E-state index contributed by atoms with van der Waals surface area (Å²) >= 11 is 0. The van der Waals surface area contributed by atoms with E-state index in [0.717, 1.165) is 78.5 Å². The molecule has 3 atom stereocenters. The Morgan fingerprint density at radius 3 is 2.46 bits per heavy atom. The number of anilines is 1. The van der Waals surface area contributed by atoms with Gasteiger partial charge in [-0.05, 0) is 87.0 Å². The molecule has 1 fully saturated rings. The summed E-state index contributed by atoms with van der Waals surface area (Å²) in [5.41, 5.74) is 5.77. The molecular weight excluding hydrogens is 600 g/mol. The number of hydrogen-bond donors (Lipinski definition) is 3. The van der Waals surface area contributed by atoms with Gasteiger partial charge in [-0.2, -0.15) is 5.10 Å². The van der Waals surface area contributed by atoms with E-state index >= 15 is 0 Å². The van der Waals surface area contributed by atoms with Gasteiger partial charge < -0.3 is 15.4 Å². The fourth-order valence-corrected chi connectivity index (χ4v) is 7.04. The van der Waals surface area contributed by atoms with Crippen molar-refractivity contribution in [2.75, 3.05) is 18.4 Å². The zero-order valence-electron chi connectivity index (χ0n) is 28.5. The summed E-state index contributed by atoms with van der Waals surface area (Å²) in [5, 5.41) is 23.7. The number of urea groups is 1. The molecule has 3 N–H and O–H groups in total. The van der Waals surface area contributed by atoms with Crippen LogP contribution in [0.4, 0.5) is 10.6 Å². The maximum Gasteiger partial charge on any atom is 0.320 e. The number of pyridine rings is 1. The molecule has 2 amide bonds. The third-order valence-corrected chi connectivity index (χ3v) is 9.92. The van der Waals surface area contributed by atoms with Crippen molar-refractivity contribution in [1.29, 1.82) is 0 Å². The van der Waals surface area contributed by atoms with E-state index in [1.54, 1.807) is 0 Å². The molecule has 1 aliphatic heterocycles. The van der Waals surface area contributed by atoms with Crippen molar-refractivity contribution >= 4 is 17.5 Å². The van der Waals surface area contributed by atoms with Crippen LogP contribution in [0, 0.1) is 12.8 Å². The van der Waals surface area contributed by atoms with E-state index in [1.807, 2.05) is 65.5 Å². The van der Waals surface area contributed by atoms with Crippen LogP contribution in [0.15, 0.2) is 72.9 Å². The number of nitrogens with zero attached hydrogens (tertiary/aromatic N) is 5. The molecule has 2 aliphatic rings. The Morgan fingerprint density at radius 2 is 1.71 bits per heavy atom. The molecule has 1 saturated heterocycles. The van der Waals surface area contributed by atoms with E-state index in [4.69, 9.17) is 9.84 Å². The first kappa shape index (κ1) is 31.9. The van der Waals surface area contributed by atoms with Crippen LogP contribution in [-0.4, -0.2) is 43.5 Å². The summed E-state index contributed by atoms with van der Waals surface area (Å²) in [5.74, 6) is 3.29. The molecule has 5 aromatic rings. The molecule has 4 heterocycles. The molecule has 250 valence electrons. The van der Waals surface area contributed by atoms with Gasteiger partial charge in [-0.3, -0.25) is 9.72 Å². The summed E-state index contributed by atoms with van der Waals surface area (Å²) in [4.78, 5) is 13.5. The predicted molar refractivity (Wildman–Crippen MR) is 188 cm³/mol. The van der Waals surface area contributed by atoms with E-state index in [-0.39, 0.29) is 23.6 Å². The molecular formula is C38H46N8O2. The number of amides is 2. The minimum atomic E-state index is -0.267. The number of fused-ring (bicyclic) bond motifs is 2. The number of rotatable bonds is 7. The molecule has 7 rings (SSSR count). The maximum absolute atomic E-state index is 13.5. The highest BCUT2D eigenvalue weighted by molar-refractivity contribution is 5.89. The van der Waals surface area contributed by atoms with Gasteiger partial charge in [-0.15, -0.1) is 10.2 Å². The number of nitrogens with one attached hydrogen (secondary N) is 3. The van der Waals surface area contributed by atoms with Gasteiger partial charge in [0, 0.05) is 17.4 Å². The van der Waals surface area contributed by atoms with Gasteiger partial charge in [0.2, 0.25) is 0 Å². The highest BCUT2D eigenvalue weighted by Crippen LogP contribution is 2.39. The first-order valence-electron chi connectivity index (χ1n) is 17.2. The number of benzene rings is 2. The Balaban J connectivity index is 1.08. The Bertz CT molecular complexity index is 1900. The summed E-state index contributed by atoms with van der Waals surface area (Å²) in [6, 6.07) is 21.9. The molecule has 0 saturated carbocycles. The first-order valence-corrected chi connectivity index (χ1v) is 17.2. The highest BCUT2D eigenvalue weighted by atomic mass is 16.5. The fourth-order valence-electron chi connectivity index (χ4n) is 7.04. The number of carbonyl (C=O) groups is 1. The van der Waals surface area contributed by atoms with Crippen LogP contribution < -0.4 is 20.7 Å². The lowest BCUT2D eigenvalue weighted by Crippen LogP contribution is -2.36. The summed E-state index contributed by atoms with van der Waals surface area (Å²) < 4.78 is 10.6. The second kappa shape index (κ2) is 13.1. The van der Waals surface area contributed by atoms with Gasteiger partial charge in [0.25, 0.3) is 0 Å². The Morgan fingerprint density at radius 1 is 0.958 bits per heavy atom. The van der Waals surface area contributed by atoms with Crippen molar-refractivity contribution < 1.29 is 9.53 Å². The van der Waals surface area contributed by atoms with Crippen molar-refractivity contribution in [1.82, 2.24) is 35.0 Å². The lowest BCUT2D eigenvalue weighted by atomic mass is 9.85. The fraction of sp³-hybridized carbons (Fsp3) is 0.421. The SMILES string of the molecule is Cc1ccc(-n2nc(C(C)(C)C)cc2NC(=O)N[C@H]2CC[C@@H](Oc3ccc4nnc(C(C)C5CCNCC5)n4c3)c3ccccc32)cc1. The van der Waals surface area contributed by atoms with Crippen LogP contribution in [0.3, 0.4) is 0 Å². The molecule has 2 aromatic carbocycles. The van der Waals surface area contributed by atoms with Gasteiger partial charge in [-0.25, -0.2) is 9.48 Å². The molecule has 3 aromatic heterocycles. The second-order valence-corrected chi connectivity index (χ2v) is 14.4. The zero-order chi connectivity index (χ0) is 33.4. The summed E-state index contributed by atoms with van der Waals surface area (Å²) in [7, 11) is 0. The number of hydrogen-bond acceptors (Lipinski definition) is 6. The topological polar surface area (TPSA) is 110 Å². The van der Waals surface area contributed by atoms with Crippen LogP contribution in [0.5, 0.6) is 5.75 Å². The standard InChI is InChI=1S/C38H46N8O2/c1-24-10-12-27(13-11-24)46-35(22-33(44-46)38(3,4)5)41-37(47)40-31-15-16-32(30-9-7-6-8-29(30)31)48-28-14-17-34-42-43-36(45(34)23-28)25(2)26-18-20-39-21-19-26/h6-14,17,22-23,25-26,31-32,39H,15-16,18-21H2,1-5H3,(H2,40,41,47)/t25?,31-,32+/m0/s1. The number of carbonyl (C=O) groups excluding carboxylic acids is 1. The molecule has 1 aliphatic carbocycles. The Labute approximate surface area is 282 Å². The van der Waals surface area contributed by atoms with Crippen LogP contribution >= 0.6 is 0 Å². The minimum Gasteiger partial charge on any atom is -0.484 e. The number of aryl methyl sites for hydroxylation is 1. The van der Waals surface area contributed by atoms with Gasteiger partial charge in [0.15, 0.2) is 5.65 Å². The largest absolute Gasteiger partial charge is 0.484 e. The van der Waals surface area contributed by atoms with E-state index in [0.29, 0.717) is 17.7 Å². The molecule has 10 heteroatoms. The lowest BCUT2D eigenvalue weighted by Gasteiger charge is -2.32. The number of ether oxygens (including phenoxy) is 1. The van der Waals surface area contributed by atoms with E-state index in [9.17, 15) is 4.79 Å². The van der Waals surface area contributed by atoms with E-state index in [1.165, 1.54) is 5.56 Å². The van der Waals surface area contributed by atoms with Gasteiger partial charge in [0.05, 0.1) is 23.6 Å². The van der Waals surface area contributed by atoms with Crippen molar-refractivity contribution in [3.05, 3.63) is 101 Å². The predicted octanol–water partition coefficient (Wildman–Crippen LogP) is 7.40. The van der Waals surface area contributed by atoms with E-state index < -0.39 is 0 Å². The maximum atomic E-state index is 13.5. The highest BCUT2D eigenvalue weighted by Gasteiger charge is 2.31. The molecule has 1 unspecified atom stereocenters. The molecule has 0 spiro atoms. The summed E-state index contributed by atoms with van der Waals surface area (Å²) in [6.07, 6.45) is 5.69. The molecule has 10 nitrogen and oxygen atoms in total. The zero-order valence-corrected chi connectivity index (χ0v) is 28.5. The Hall–Kier alpha value is -4.70. The monoisotopic (exact) mass is 646 g/mol. The smallest absolute Gasteiger partial charge is 0.320 e. The van der Waals surface area contributed by atoms with Gasteiger partial charge in [-0.1, -0.05) is 69.7 Å². The summed E-state index contributed by atoms with van der Waals surface area (Å²) in [6.45, 7) is 12.8. The molecule has 0 radical (unpaired) electrons. The van der Waals surface area contributed by atoms with E-state index in [2.05, 4.69) is 77.3 Å². The average Bonchev–Trinajstić information content (AvgIpc) is 3.71. The van der Waals surface area contributed by atoms with Crippen LogP contribution in [-0.2, 0) is 5.41 Å². The van der Waals surface area contributed by atoms with Crippen molar-refractivity contribution in [2.24, 2.45) is 5.92 Å². The third kappa shape index (κ3) is 6.54. The van der Waals surface area contributed by atoms with Gasteiger partial charge >= 0.3 is 6.03 Å². The normalized spacial score (nSPS) is 19.1. The van der Waals surface area contributed by atoms with Crippen molar-refractivity contribution in [2.45, 2.75) is 83.8 Å². The van der Waals surface area contributed by atoms with Crippen LogP contribution in [0.2, 0.25) is 0 Å². The van der Waals surface area contributed by atoms with Crippen molar-refractivity contribution in [3.63, 3.8) is 0 Å².